The van der Waals surface area contributed by atoms with Crippen LogP contribution >= 0.6 is 0 Å². The number of carbonyl (C=O) groups is 7. The lowest BCUT2D eigenvalue weighted by Crippen LogP contribution is -2.52. The van der Waals surface area contributed by atoms with E-state index in [1.54, 1.807) is 18.2 Å². The van der Waals surface area contributed by atoms with Gasteiger partial charge in [-0.25, -0.2) is 4.98 Å². The first-order chi connectivity index (χ1) is 22.1. The number of hydrogen-bond acceptors (Lipinski definition) is 10. The Bertz CT molecular complexity index is 1270. The third kappa shape index (κ3) is 17.0. The van der Waals surface area contributed by atoms with Crippen molar-refractivity contribution in [1.29, 1.82) is 0 Å². The van der Waals surface area contributed by atoms with Gasteiger partial charge in [0.2, 0.25) is 29.5 Å². The molecule has 0 aromatic carbocycles. The fourth-order valence-electron chi connectivity index (χ4n) is 3.50. The van der Waals surface area contributed by atoms with Gasteiger partial charge in [0.1, 0.15) is 29.8 Å². The second-order valence-electron chi connectivity index (χ2n) is 9.62. The predicted octanol–water partition coefficient (Wildman–Crippen LogP) is -0.668. The lowest BCUT2D eigenvalue weighted by atomic mass is 10.1. The van der Waals surface area contributed by atoms with Crippen molar-refractivity contribution in [2.75, 3.05) is 26.2 Å². The minimum absolute atomic E-state index is 0.000494. The number of allylic oxidation sites excluding steroid dienone is 1. The maximum atomic E-state index is 12.5. The van der Waals surface area contributed by atoms with Crippen LogP contribution in [0.4, 0.5) is 0 Å². The molecule has 1 aliphatic rings. The Balaban J connectivity index is 0.000000583. The molecule has 0 radical (unpaired) electrons. The maximum absolute atomic E-state index is 12.5. The molecular weight excluding hydrogens is 600 g/mol. The van der Waals surface area contributed by atoms with Crippen molar-refractivity contribution in [3.05, 3.63) is 61.1 Å². The van der Waals surface area contributed by atoms with Gasteiger partial charge in [-0.05, 0) is 31.9 Å². The molecule has 16 nitrogen and oxygen atoms in total. The molecule has 0 saturated carbocycles. The number of hydrogen-bond donors (Lipinski definition) is 6. The van der Waals surface area contributed by atoms with Crippen LogP contribution in [0.3, 0.4) is 0 Å². The topological polar surface area (TPSA) is 231 Å². The maximum Gasteiger partial charge on any atom is 0.271 e. The Morgan fingerprint density at radius 3 is 2.37 bits per heavy atom. The number of nitrogens with one attached hydrogen (secondary N) is 6. The Hall–Kier alpha value is -5.41. The summed E-state index contributed by atoms with van der Waals surface area (Å²) in [7, 11) is 0. The Morgan fingerprint density at radius 1 is 1.02 bits per heavy atom. The van der Waals surface area contributed by atoms with E-state index in [-0.39, 0.29) is 44.7 Å². The first-order valence-electron chi connectivity index (χ1n) is 14.6. The van der Waals surface area contributed by atoms with E-state index in [0.29, 0.717) is 24.3 Å². The molecule has 2 atom stereocenters. The number of aldehydes is 1. The summed E-state index contributed by atoms with van der Waals surface area (Å²) in [5.41, 5.74) is 0.367. The van der Waals surface area contributed by atoms with Crippen molar-refractivity contribution in [3.63, 3.8) is 0 Å². The average molecular weight is 643 g/mol. The Morgan fingerprint density at radius 2 is 1.74 bits per heavy atom. The van der Waals surface area contributed by atoms with Crippen molar-refractivity contribution >= 4 is 41.7 Å². The van der Waals surface area contributed by atoms with E-state index in [1.165, 1.54) is 24.9 Å². The van der Waals surface area contributed by atoms with Crippen molar-refractivity contribution in [3.8, 4) is 0 Å². The summed E-state index contributed by atoms with van der Waals surface area (Å²) < 4.78 is 5.21. The quantitative estimate of drug-likeness (QED) is 0.172. The minimum Gasteiger partial charge on any atom is -0.469 e. The van der Waals surface area contributed by atoms with Crippen molar-refractivity contribution in [2.45, 2.75) is 58.0 Å². The number of aromatic nitrogens is 2. The van der Waals surface area contributed by atoms with Gasteiger partial charge in [-0.2, -0.15) is 0 Å². The van der Waals surface area contributed by atoms with Gasteiger partial charge in [0.05, 0.1) is 25.5 Å². The molecule has 0 spiro atoms. The highest BCUT2D eigenvalue weighted by atomic mass is 16.3. The molecule has 2 aromatic rings. The minimum atomic E-state index is -1.04. The highest BCUT2D eigenvalue weighted by Crippen LogP contribution is 2.05. The van der Waals surface area contributed by atoms with E-state index in [0.717, 1.165) is 6.42 Å². The highest BCUT2D eigenvalue weighted by Gasteiger charge is 2.23. The summed E-state index contributed by atoms with van der Waals surface area (Å²) in [5, 5.41) is 14.9. The third-order valence-electron chi connectivity index (χ3n) is 5.68. The standard InChI is InChI=1S/C19H25N5O7.C8H11N3O.C3H6/c25-11-12-8-20-17(28)9-22-19(30)14(7-13-3-2-6-31-13)24-18(29)10-21-15(26)4-1-5-16(27)23-12;1-2-3-11-8(12)7-6-9-4-5-10-7;1-3-2/h2-3,6,11-12,14H,1,4-5,7-10H2,(H,20,28)(H,21,26)(H,22,30)(H,23,27)(H,24,29);4-6H,2-3H2,1H3,(H,11,12);3H,1H2,2H3/t12-,14-;;/m0../s1. The second kappa shape index (κ2) is 23.0. The van der Waals surface area contributed by atoms with Crippen LogP contribution in [-0.4, -0.2) is 90.0 Å². The van der Waals surface area contributed by atoms with Crippen LogP contribution in [0.2, 0.25) is 0 Å². The molecule has 1 fully saturated rings. The summed E-state index contributed by atoms with van der Waals surface area (Å²) in [5.74, 6) is -2.41. The van der Waals surface area contributed by atoms with E-state index in [4.69, 9.17) is 4.42 Å². The molecule has 3 rings (SSSR count). The summed E-state index contributed by atoms with van der Waals surface area (Å²) in [6.45, 7) is 7.00. The van der Waals surface area contributed by atoms with Gasteiger partial charge in [-0.1, -0.05) is 13.0 Å². The van der Waals surface area contributed by atoms with Gasteiger partial charge < -0.3 is 41.1 Å². The highest BCUT2D eigenvalue weighted by molar-refractivity contribution is 5.92. The molecule has 46 heavy (non-hydrogen) atoms. The lowest BCUT2D eigenvalue weighted by Gasteiger charge is -2.18. The monoisotopic (exact) mass is 642 g/mol. The Kier molecular flexibility index (Phi) is 19.3. The molecule has 250 valence electrons. The zero-order valence-corrected chi connectivity index (χ0v) is 26.0. The van der Waals surface area contributed by atoms with E-state index < -0.39 is 48.2 Å². The van der Waals surface area contributed by atoms with Gasteiger partial charge in [0.15, 0.2) is 0 Å². The lowest BCUT2D eigenvalue weighted by molar-refractivity contribution is -0.131. The van der Waals surface area contributed by atoms with E-state index >= 15 is 0 Å². The number of furan rings is 1. The fourth-order valence-corrected chi connectivity index (χ4v) is 3.50. The number of rotatable bonds is 6. The van der Waals surface area contributed by atoms with E-state index in [9.17, 15) is 33.6 Å². The number of carbonyl (C=O) groups excluding carboxylic acids is 7. The van der Waals surface area contributed by atoms with E-state index in [2.05, 4.69) is 48.4 Å². The molecule has 3 heterocycles. The van der Waals surface area contributed by atoms with E-state index in [1.807, 2.05) is 13.8 Å². The van der Waals surface area contributed by atoms with Gasteiger partial charge >= 0.3 is 0 Å². The van der Waals surface area contributed by atoms with Gasteiger partial charge in [0, 0.05) is 44.7 Å². The molecule has 0 aliphatic carbocycles. The molecule has 6 amide bonds. The summed E-state index contributed by atoms with van der Waals surface area (Å²) in [4.78, 5) is 90.3. The zero-order valence-electron chi connectivity index (χ0n) is 26.0. The zero-order chi connectivity index (χ0) is 34.2. The first-order valence-corrected chi connectivity index (χ1v) is 14.6. The fraction of sp³-hybridized carbons (Fsp3) is 0.433. The molecule has 16 heteroatoms. The average Bonchev–Trinajstić information content (AvgIpc) is 3.57. The van der Waals surface area contributed by atoms with Crippen LogP contribution < -0.4 is 31.9 Å². The molecular formula is C30H42N8O8. The summed E-state index contributed by atoms with van der Waals surface area (Å²) >= 11 is 0. The van der Waals surface area contributed by atoms with Crippen LogP contribution in [0.5, 0.6) is 0 Å². The number of nitrogens with zero attached hydrogens (tertiary/aromatic N) is 2. The van der Waals surface area contributed by atoms with Gasteiger partial charge in [-0.3, -0.25) is 33.8 Å². The molecule has 1 aliphatic heterocycles. The van der Waals surface area contributed by atoms with Gasteiger partial charge in [0.25, 0.3) is 5.91 Å². The number of amides is 6. The molecule has 0 unspecified atom stereocenters. The van der Waals surface area contributed by atoms with Crippen LogP contribution in [0, 0.1) is 0 Å². The normalized spacial score (nSPS) is 18.0. The smallest absolute Gasteiger partial charge is 0.271 e. The van der Waals surface area contributed by atoms with Crippen molar-refractivity contribution in [1.82, 2.24) is 41.9 Å². The molecule has 0 bridgehead atoms. The largest absolute Gasteiger partial charge is 0.469 e. The van der Waals surface area contributed by atoms with Crippen molar-refractivity contribution < 1.29 is 38.0 Å². The third-order valence-corrected chi connectivity index (χ3v) is 5.68. The second-order valence-corrected chi connectivity index (χ2v) is 9.62. The van der Waals surface area contributed by atoms with Crippen LogP contribution in [-0.2, 0) is 35.2 Å². The first kappa shape index (κ1) is 38.6. The predicted molar refractivity (Wildman–Crippen MR) is 166 cm³/mol. The van der Waals surface area contributed by atoms with Crippen LogP contribution in [0.15, 0.2) is 54.1 Å². The van der Waals surface area contributed by atoms with Crippen molar-refractivity contribution in [2.24, 2.45) is 0 Å². The van der Waals surface area contributed by atoms with Crippen LogP contribution in [0.25, 0.3) is 0 Å². The van der Waals surface area contributed by atoms with Gasteiger partial charge in [-0.15, -0.1) is 6.58 Å². The van der Waals surface area contributed by atoms with Crippen LogP contribution in [0.1, 0.15) is 55.8 Å². The Labute approximate surface area is 266 Å². The summed E-state index contributed by atoms with van der Waals surface area (Å²) in [6.07, 6.45) is 9.32. The SMILES string of the molecule is C=CC.CCCNC(=O)c1cnccn1.O=C[C@@H]1CNC(=O)CNC(=O)[C@H](Cc2ccco2)NC(=O)CNC(=O)CCCC(=O)N1. The molecule has 1 saturated heterocycles. The summed E-state index contributed by atoms with van der Waals surface area (Å²) in [6, 6.07) is 1.29. The molecule has 6 N–H and O–H groups in total. The molecule has 2 aromatic heterocycles.